The molecule has 0 aliphatic carbocycles. The third kappa shape index (κ3) is 3.58. The molecule has 4 nitrogen and oxygen atoms in total. The lowest BCUT2D eigenvalue weighted by Crippen LogP contribution is -2.18. The third-order valence-electron chi connectivity index (χ3n) is 3.27. The molecule has 1 aromatic heterocycles. The average Bonchev–Trinajstić information content (AvgIpc) is 2.80. The van der Waals surface area contributed by atoms with Gasteiger partial charge in [-0.1, -0.05) is 12.1 Å². The van der Waals surface area contributed by atoms with Crippen LogP contribution in [0.3, 0.4) is 0 Å². The van der Waals surface area contributed by atoms with Crippen LogP contribution in [0.15, 0.2) is 30.5 Å². The summed E-state index contributed by atoms with van der Waals surface area (Å²) >= 11 is 0. The Hall–Kier alpha value is -1.81. The molecule has 0 radical (unpaired) electrons. The number of nitrogens with zero attached hydrogens (tertiary/aromatic N) is 2. The maximum absolute atomic E-state index is 5.26. The van der Waals surface area contributed by atoms with Crippen LogP contribution < -0.4 is 10.1 Å². The average molecular weight is 259 g/mol. The largest absolute Gasteiger partial charge is 0.496 e. The van der Waals surface area contributed by atoms with Crippen LogP contribution in [0.4, 0.5) is 0 Å². The molecular formula is C15H21N3O. The predicted octanol–water partition coefficient (Wildman–Crippen LogP) is 2.07. The van der Waals surface area contributed by atoms with E-state index in [2.05, 4.69) is 35.5 Å². The molecule has 1 N–H and O–H groups in total. The Kier molecular flexibility index (Phi) is 4.58. The lowest BCUT2D eigenvalue weighted by Gasteiger charge is -2.09. The predicted molar refractivity (Wildman–Crippen MR) is 76.3 cm³/mol. The Morgan fingerprint density at radius 2 is 2.16 bits per heavy atom. The first-order chi connectivity index (χ1) is 9.20. The van der Waals surface area contributed by atoms with Gasteiger partial charge in [0.25, 0.3) is 0 Å². The van der Waals surface area contributed by atoms with Gasteiger partial charge in [0.15, 0.2) is 0 Å². The van der Waals surface area contributed by atoms with Crippen molar-refractivity contribution in [2.24, 2.45) is 7.05 Å². The van der Waals surface area contributed by atoms with Gasteiger partial charge in [0.1, 0.15) is 5.75 Å². The van der Waals surface area contributed by atoms with Crippen LogP contribution in [-0.2, 0) is 20.0 Å². The molecule has 2 rings (SSSR count). The number of rotatable bonds is 6. The number of benzene rings is 1. The SMILES string of the molecule is COc1ccc(CNCCc2ccnn2C)cc1C. The summed E-state index contributed by atoms with van der Waals surface area (Å²) in [6.07, 6.45) is 2.83. The van der Waals surface area contributed by atoms with Crippen molar-refractivity contribution < 1.29 is 4.74 Å². The van der Waals surface area contributed by atoms with E-state index in [9.17, 15) is 0 Å². The summed E-state index contributed by atoms with van der Waals surface area (Å²) in [6.45, 7) is 3.89. The van der Waals surface area contributed by atoms with E-state index in [4.69, 9.17) is 4.74 Å². The second-order valence-corrected chi connectivity index (χ2v) is 4.68. The summed E-state index contributed by atoms with van der Waals surface area (Å²) in [4.78, 5) is 0. The van der Waals surface area contributed by atoms with Crippen molar-refractivity contribution in [1.29, 1.82) is 0 Å². The van der Waals surface area contributed by atoms with Gasteiger partial charge >= 0.3 is 0 Å². The molecule has 102 valence electrons. The molecule has 0 aliphatic heterocycles. The molecule has 2 aromatic rings. The number of aromatic nitrogens is 2. The molecule has 0 atom stereocenters. The van der Waals surface area contributed by atoms with Crippen molar-refractivity contribution in [2.75, 3.05) is 13.7 Å². The molecule has 0 bridgehead atoms. The summed E-state index contributed by atoms with van der Waals surface area (Å²) in [5.74, 6) is 0.943. The van der Waals surface area contributed by atoms with Gasteiger partial charge in [-0.2, -0.15) is 5.10 Å². The molecule has 0 aliphatic rings. The smallest absolute Gasteiger partial charge is 0.121 e. The fourth-order valence-corrected chi connectivity index (χ4v) is 2.15. The minimum absolute atomic E-state index is 0.878. The Labute approximate surface area is 114 Å². The number of hydrogen-bond donors (Lipinski definition) is 1. The summed E-state index contributed by atoms with van der Waals surface area (Å²) in [6, 6.07) is 8.34. The number of hydrogen-bond acceptors (Lipinski definition) is 3. The normalized spacial score (nSPS) is 10.7. The van der Waals surface area contributed by atoms with Crippen molar-refractivity contribution in [2.45, 2.75) is 19.9 Å². The quantitative estimate of drug-likeness (QED) is 0.807. The number of aryl methyl sites for hydroxylation is 2. The van der Waals surface area contributed by atoms with Gasteiger partial charge in [-0.25, -0.2) is 0 Å². The van der Waals surface area contributed by atoms with Crippen molar-refractivity contribution in [3.8, 4) is 5.75 Å². The standard InChI is InChI=1S/C15H21N3O/c1-12-10-13(4-5-15(12)19-3)11-16-8-6-14-7-9-17-18(14)2/h4-5,7,9-10,16H,6,8,11H2,1-3H3. The Balaban J connectivity index is 1.80. The van der Waals surface area contributed by atoms with Gasteiger partial charge in [-0.05, 0) is 30.2 Å². The highest BCUT2D eigenvalue weighted by Crippen LogP contribution is 2.18. The molecule has 19 heavy (non-hydrogen) atoms. The summed E-state index contributed by atoms with van der Waals surface area (Å²) in [5.41, 5.74) is 3.70. The zero-order valence-corrected chi connectivity index (χ0v) is 11.8. The Bertz CT molecular complexity index is 534. The van der Waals surface area contributed by atoms with Gasteiger partial charge in [-0.3, -0.25) is 4.68 Å². The maximum Gasteiger partial charge on any atom is 0.121 e. The Morgan fingerprint density at radius 3 is 2.79 bits per heavy atom. The van der Waals surface area contributed by atoms with Gasteiger partial charge < -0.3 is 10.1 Å². The Morgan fingerprint density at radius 1 is 1.32 bits per heavy atom. The molecular weight excluding hydrogens is 238 g/mol. The highest BCUT2D eigenvalue weighted by Gasteiger charge is 2.01. The monoisotopic (exact) mass is 259 g/mol. The lowest BCUT2D eigenvalue weighted by atomic mass is 10.1. The molecule has 0 unspecified atom stereocenters. The molecule has 0 saturated heterocycles. The lowest BCUT2D eigenvalue weighted by molar-refractivity contribution is 0.411. The van der Waals surface area contributed by atoms with E-state index in [0.717, 1.165) is 25.3 Å². The zero-order chi connectivity index (χ0) is 13.7. The van der Waals surface area contributed by atoms with Crippen LogP contribution in [0.1, 0.15) is 16.8 Å². The van der Waals surface area contributed by atoms with E-state index in [0.29, 0.717) is 0 Å². The van der Waals surface area contributed by atoms with Crippen LogP contribution in [0.5, 0.6) is 5.75 Å². The van der Waals surface area contributed by atoms with E-state index < -0.39 is 0 Å². The van der Waals surface area contributed by atoms with E-state index in [1.807, 2.05) is 24.0 Å². The molecule has 0 saturated carbocycles. The van der Waals surface area contributed by atoms with E-state index >= 15 is 0 Å². The molecule has 0 spiro atoms. The fraction of sp³-hybridized carbons (Fsp3) is 0.400. The van der Waals surface area contributed by atoms with Crippen LogP contribution in [0.25, 0.3) is 0 Å². The van der Waals surface area contributed by atoms with Crippen molar-refractivity contribution >= 4 is 0 Å². The number of methoxy groups -OCH3 is 1. The minimum Gasteiger partial charge on any atom is -0.496 e. The van der Waals surface area contributed by atoms with Gasteiger partial charge in [-0.15, -0.1) is 0 Å². The first-order valence-electron chi connectivity index (χ1n) is 6.52. The van der Waals surface area contributed by atoms with Crippen molar-refractivity contribution in [1.82, 2.24) is 15.1 Å². The van der Waals surface area contributed by atoms with Gasteiger partial charge in [0.05, 0.1) is 7.11 Å². The summed E-state index contributed by atoms with van der Waals surface area (Å²) < 4.78 is 7.17. The summed E-state index contributed by atoms with van der Waals surface area (Å²) in [5, 5.41) is 7.61. The number of ether oxygens (including phenoxy) is 1. The minimum atomic E-state index is 0.878. The fourth-order valence-electron chi connectivity index (χ4n) is 2.15. The summed E-state index contributed by atoms with van der Waals surface area (Å²) in [7, 11) is 3.68. The van der Waals surface area contributed by atoms with E-state index in [1.54, 1.807) is 7.11 Å². The second kappa shape index (κ2) is 6.38. The van der Waals surface area contributed by atoms with Gasteiger partial charge in [0, 0.05) is 38.4 Å². The van der Waals surface area contributed by atoms with Crippen molar-refractivity contribution in [3.05, 3.63) is 47.3 Å². The first kappa shape index (κ1) is 13.6. The van der Waals surface area contributed by atoms with Crippen LogP contribution >= 0.6 is 0 Å². The van der Waals surface area contributed by atoms with Gasteiger partial charge in [0.2, 0.25) is 0 Å². The topological polar surface area (TPSA) is 39.1 Å². The molecule has 0 amide bonds. The third-order valence-corrected chi connectivity index (χ3v) is 3.27. The first-order valence-corrected chi connectivity index (χ1v) is 6.52. The zero-order valence-electron chi connectivity index (χ0n) is 11.8. The maximum atomic E-state index is 5.26. The van der Waals surface area contributed by atoms with Crippen molar-refractivity contribution in [3.63, 3.8) is 0 Å². The van der Waals surface area contributed by atoms with Crippen LogP contribution in [0.2, 0.25) is 0 Å². The molecule has 1 heterocycles. The highest BCUT2D eigenvalue weighted by molar-refractivity contribution is 5.36. The van der Waals surface area contributed by atoms with Crippen LogP contribution in [-0.4, -0.2) is 23.4 Å². The second-order valence-electron chi connectivity index (χ2n) is 4.68. The molecule has 4 heteroatoms. The molecule has 0 fully saturated rings. The number of nitrogens with one attached hydrogen (secondary N) is 1. The van der Waals surface area contributed by atoms with E-state index in [-0.39, 0.29) is 0 Å². The van der Waals surface area contributed by atoms with Crippen LogP contribution in [0, 0.1) is 6.92 Å². The highest BCUT2D eigenvalue weighted by atomic mass is 16.5. The van der Waals surface area contributed by atoms with E-state index in [1.165, 1.54) is 16.8 Å². The molecule has 1 aromatic carbocycles.